The summed E-state index contributed by atoms with van der Waals surface area (Å²) in [5, 5.41) is 4.68. The second-order valence-electron chi connectivity index (χ2n) is 6.37. The number of esters is 1. The number of amides is 3. The number of urea groups is 1. The minimum Gasteiger partial charge on any atom is -0.497 e. The average molecular weight is 380 g/mol. The number of nitrogens with one attached hydrogen (secondary N) is 2. The number of hydrogen-bond acceptors (Lipinski definition) is 6. The van der Waals surface area contributed by atoms with Gasteiger partial charge in [0.1, 0.15) is 11.5 Å². The van der Waals surface area contributed by atoms with Crippen molar-refractivity contribution < 1.29 is 28.6 Å². The Morgan fingerprint density at radius 3 is 2.22 bits per heavy atom. The van der Waals surface area contributed by atoms with E-state index in [1.54, 1.807) is 32.4 Å². The summed E-state index contributed by atoms with van der Waals surface area (Å²) in [5.41, 5.74) is 0.845. The Hall–Kier alpha value is -2.77. The molecular formula is C19H28N2O6. The van der Waals surface area contributed by atoms with Crippen LogP contribution in [0.4, 0.5) is 4.79 Å². The zero-order chi connectivity index (χ0) is 20.2. The van der Waals surface area contributed by atoms with E-state index in [9.17, 15) is 14.4 Å². The van der Waals surface area contributed by atoms with E-state index in [1.165, 1.54) is 0 Å². The van der Waals surface area contributed by atoms with Gasteiger partial charge in [0.15, 0.2) is 6.61 Å². The van der Waals surface area contributed by atoms with Crippen LogP contribution in [0, 0.1) is 5.92 Å². The second-order valence-corrected chi connectivity index (χ2v) is 6.37. The van der Waals surface area contributed by atoms with Crippen LogP contribution in [-0.4, -0.2) is 45.3 Å². The Labute approximate surface area is 159 Å². The topological polar surface area (TPSA) is 103 Å². The molecule has 0 aliphatic heterocycles. The lowest BCUT2D eigenvalue weighted by atomic mass is 10.1. The van der Waals surface area contributed by atoms with Crippen LogP contribution in [0.25, 0.3) is 0 Å². The molecule has 0 aromatic heterocycles. The highest BCUT2D eigenvalue weighted by molar-refractivity contribution is 5.95. The first kappa shape index (κ1) is 22.3. The number of methoxy groups -OCH3 is 2. The van der Waals surface area contributed by atoms with E-state index < -0.39 is 24.5 Å². The molecule has 0 heterocycles. The van der Waals surface area contributed by atoms with Crippen LogP contribution in [0.2, 0.25) is 0 Å². The summed E-state index contributed by atoms with van der Waals surface area (Å²) in [4.78, 5) is 34.9. The molecule has 8 heteroatoms. The van der Waals surface area contributed by atoms with Gasteiger partial charge in [-0.1, -0.05) is 13.8 Å². The largest absolute Gasteiger partial charge is 0.497 e. The van der Waals surface area contributed by atoms with E-state index in [4.69, 9.17) is 14.2 Å². The number of ether oxygens (including phenoxy) is 3. The van der Waals surface area contributed by atoms with Crippen LogP contribution in [0.3, 0.4) is 0 Å². The Balaban J connectivity index is 2.32. The lowest BCUT2D eigenvalue weighted by Gasteiger charge is -2.09. The molecule has 0 unspecified atom stereocenters. The predicted octanol–water partition coefficient (Wildman–Crippen LogP) is 2.05. The van der Waals surface area contributed by atoms with Gasteiger partial charge in [0.2, 0.25) is 0 Å². The summed E-state index contributed by atoms with van der Waals surface area (Å²) < 4.78 is 15.2. The lowest BCUT2D eigenvalue weighted by molar-refractivity contribution is -0.148. The number of aryl methyl sites for hydroxylation is 1. The van der Waals surface area contributed by atoms with Gasteiger partial charge in [-0.3, -0.25) is 14.9 Å². The molecule has 0 aliphatic rings. The van der Waals surface area contributed by atoms with Crippen LogP contribution in [0.15, 0.2) is 18.2 Å². The van der Waals surface area contributed by atoms with Gasteiger partial charge in [-0.2, -0.15) is 0 Å². The first-order valence-corrected chi connectivity index (χ1v) is 8.79. The molecule has 1 rings (SSSR count). The summed E-state index contributed by atoms with van der Waals surface area (Å²) in [6.07, 6.45) is 1.31. The Kier molecular flexibility index (Phi) is 9.71. The van der Waals surface area contributed by atoms with Crippen molar-refractivity contribution in [3.8, 4) is 11.5 Å². The third kappa shape index (κ3) is 9.48. The number of carbonyl (C=O) groups is 3. The van der Waals surface area contributed by atoms with Gasteiger partial charge in [0.25, 0.3) is 5.91 Å². The Morgan fingerprint density at radius 1 is 1.04 bits per heavy atom. The zero-order valence-electron chi connectivity index (χ0n) is 16.3. The van der Waals surface area contributed by atoms with Crippen molar-refractivity contribution in [1.82, 2.24) is 10.6 Å². The maximum absolute atomic E-state index is 11.8. The van der Waals surface area contributed by atoms with Crippen molar-refractivity contribution in [2.75, 3.05) is 27.4 Å². The third-order valence-electron chi connectivity index (χ3n) is 3.65. The second kappa shape index (κ2) is 11.8. The van der Waals surface area contributed by atoms with Crippen LogP contribution >= 0.6 is 0 Å². The Bertz CT molecular complexity index is 623. The maximum Gasteiger partial charge on any atom is 0.321 e. The molecule has 3 amide bonds. The van der Waals surface area contributed by atoms with Crippen molar-refractivity contribution in [2.24, 2.45) is 5.92 Å². The Morgan fingerprint density at radius 2 is 1.67 bits per heavy atom. The quantitative estimate of drug-likeness (QED) is 0.602. The first-order valence-electron chi connectivity index (χ1n) is 8.79. The van der Waals surface area contributed by atoms with Crippen molar-refractivity contribution in [2.45, 2.75) is 33.1 Å². The van der Waals surface area contributed by atoms with Gasteiger partial charge >= 0.3 is 12.0 Å². The molecule has 0 saturated heterocycles. The zero-order valence-corrected chi connectivity index (χ0v) is 16.3. The fraction of sp³-hybridized carbons (Fsp3) is 0.526. The molecule has 0 radical (unpaired) electrons. The highest BCUT2D eigenvalue weighted by Gasteiger charge is 2.11. The van der Waals surface area contributed by atoms with Crippen molar-refractivity contribution in [1.29, 1.82) is 0 Å². The van der Waals surface area contributed by atoms with Gasteiger partial charge in [0.05, 0.1) is 14.2 Å². The summed E-state index contributed by atoms with van der Waals surface area (Å²) >= 11 is 0. The molecule has 0 spiro atoms. The smallest absolute Gasteiger partial charge is 0.321 e. The number of benzene rings is 1. The lowest BCUT2D eigenvalue weighted by Crippen LogP contribution is -2.42. The molecular weight excluding hydrogens is 352 g/mol. The fourth-order valence-electron chi connectivity index (χ4n) is 2.16. The van der Waals surface area contributed by atoms with E-state index in [1.807, 2.05) is 13.8 Å². The minimum absolute atomic E-state index is 0.0875. The molecule has 0 fully saturated rings. The minimum atomic E-state index is -0.673. The molecule has 2 N–H and O–H groups in total. The number of hydrogen-bond donors (Lipinski definition) is 2. The van der Waals surface area contributed by atoms with Gasteiger partial charge in [-0.15, -0.1) is 0 Å². The van der Waals surface area contributed by atoms with E-state index in [-0.39, 0.29) is 6.42 Å². The third-order valence-corrected chi connectivity index (χ3v) is 3.65. The summed E-state index contributed by atoms with van der Waals surface area (Å²) in [7, 11) is 3.09. The number of carbonyl (C=O) groups excluding carboxylic acids is 3. The summed E-state index contributed by atoms with van der Waals surface area (Å²) in [6, 6.07) is 4.73. The van der Waals surface area contributed by atoms with Gasteiger partial charge in [0, 0.05) is 19.0 Å². The normalized spacial score (nSPS) is 10.3. The SMILES string of the molecule is COc1cc(CCC(=O)OCC(=O)NC(=O)NCCC(C)C)cc(OC)c1. The fourth-order valence-corrected chi connectivity index (χ4v) is 2.16. The van der Waals surface area contributed by atoms with E-state index >= 15 is 0 Å². The van der Waals surface area contributed by atoms with Crippen LogP contribution < -0.4 is 20.1 Å². The van der Waals surface area contributed by atoms with E-state index in [2.05, 4.69) is 10.6 Å². The van der Waals surface area contributed by atoms with E-state index in [0.29, 0.717) is 30.4 Å². The molecule has 1 aromatic rings. The molecule has 0 bridgehead atoms. The highest BCUT2D eigenvalue weighted by atomic mass is 16.5. The molecule has 0 saturated carbocycles. The maximum atomic E-state index is 11.8. The summed E-state index contributed by atoms with van der Waals surface area (Å²) in [5.74, 6) is 0.494. The number of rotatable bonds is 10. The summed E-state index contributed by atoms with van der Waals surface area (Å²) in [6.45, 7) is 4.04. The van der Waals surface area contributed by atoms with Crippen molar-refractivity contribution in [3.05, 3.63) is 23.8 Å². The molecule has 27 heavy (non-hydrogen) atoms. The number of imide groups is 1. The average Bonchev–Trinajstić information content (AvgIpc) is 2.63. The van der Waals surface area contributed by atoms with Crippen molar-refractivity contribution in [3.63, 3.8) is 0 Å². The van der Waals surface area contributed by atoms with Gasteiger partial charge in [-0.05, 0) is 36.5 Å². The standard InChI is InChI=1S/C19H28N2O6/c1-13(2)7-8-20-19(24)21-17(22)12-27-18(23)6-5-14-9-15(25-3)11-16(10-14)26-4/h9-11,13H,5-8,12H2,1-4H3,(H2,20,21,22,24). The molecule has 0 atom stereocenters. The highest BCUT2D eigenvalue weighted by Crippen LogP contribution is 2.23. The first-order chi connectivity index (χ1) is 12.8. The van der Waals surface area contributed by atoms with Crippen LogP contribution in [-0.2, 0) is 20.7 Å². The predicted molar refractivity (Wildman–Crippen MR) is 99.8 cm³/mol. The molecule has 150 valence electrons. The van der Waals surface area contributed by atoms with Crippen LogP contribution in [0.5, 0.6) is 11.5 Å². The van der Waals surface area contributed by atoms with E-state index in [0.717, 1.165) is 12.0 Å². The monoisotopic (exact) mass is 380 g/mol. The van der Waals surface area contributed by atoms with Gasteiger partial charge < -0.3 is 19.5 Å². The van der Waals surface area contributed by atoms with Crippen LogP contribution in [0.1, 0.15) is 32.3 Å². The molecule has 0 aliphatic carbocycles. The van der Waals surface area contributed by atoms with Gasteiger partial charge in [-0.25, -0.2) is 4.79 Å². The van der Waals surface area contributed by atoms with Crippen molar-refractivity contribution >= 4 is 17.9 Å². The molecule has 8 nitrogen and oxygen atoms in total. The molecule has 1 aromatic carbocycles.